The summed E-state index contributed by atoms with van der Waals surface area (Å²) in [6.07, 6.45) is 5.34. The number of anilines is 1. The number of carbonyl (C=O) groups excluding carboxylic acids is 1. The van der Waals surface area contributed by atoms with Gasteiger partial charge in [-0.05, 0) is 37.5 Å². The fourth-order valence-corrected chi connectivity index (χ4v) is 3.18. The Bertz CT molecular complexity index is 933. The van der Waals surface area contributed by atoms with Gasteiger partial charge in [0.05, 0.1) is 17.3 Å². The second-order valence-corrected chi connectivity index (χ2v) is 6.72. The lowest BCUT2D eigenvalue weighted by atomic mass is 9.82. The number of hydrogen-bond donors (Lipinski definition) is 3. The Morgan fingerprint density at radius 3 is 2.77 bits per heavy atom. The number of fused-ring (bicyclic) bond motifs is 1. The van der Waals surface area contributed by atoms with Gasteiger partial charge in [-0.2, -0.15) is 5.10 Å². The van der Waals surface area contributed by atoms with E-state index in [2.05, 4.69) is 25.8 Å². The number of nitrogens with one attached hydrogen (secondary N) is 3. The monoisotopic (exact) mass is 353 g/mol. The summed E-state index contributed by atoms with van der Waals surface area (Å²) in [5, 5.41) is 14.0. The van der Waals surface area contributed by atoms with Crippen LogP contribution in [0.25, 0.3) is 10.9 Å². The van der Waals surface area contributed by atoms with E-state index in [-0.39, 0.29) is 17.9 Å². The molecule has 1 aromatic carbocycles. The molecule has 0 aliphatic heterocycles. The molecule has 2 aromatic heterocycles. The van der Waals surface area contributed by atoms with Crippen LogP contribution < -0.4 is 10.6 Å². The predicted octanol–water partition coefficient (Wildman–Crippen LogP) is 4.25. The Kier molecular flexibility index (Phi) is 4.28. The summed E-state index contributed by atoms with van der Waals surface area (Å²) in [4.78, 5) is 16.5. The number of urea groups is 1. The van der Waals surface area contributed by atoms with Crippen molar-refractivity contribution in [3.05, 3.63) is 53.6 Å². The number of aromatic nitrogens is 3. The summed E-state index contributed by atoms with van der Waals surface area (Å²) in [6, 6.07) is 7.21. The van der Waals surface area contributed by atoms with Gasteiger partial charge >= 0.3 is 6.03 Å². The lowest BCUT2D eigenvalue weighted by Crippen LogP contribution is -2.31. The number of halogens is 1. The number of H-pyrrole nitrogens is 1. The summed E-state index contributed by atoms with van der Waals surface area (Å²) in [7, 11) is 0. The van der Waals surface area contributed by atoms with Crippen LogP contribution >= 0.6 is 0 Å². The molecule has 2 heterocycles. The molecule has 7 heteroatoms. The standard InChI is InChI=1S/C19H20FN5O/c1-11(12-5-7-14(20)8-6-12)22-19(26)23-17-9-16-15(10-21-17)18(25-24-16)13-3-2-4-13/h5-11,13H,2-4H2,1H3,(H,24,25)(H2,21,22,23,26)/t11-/m1/s1. The molecule has 1 saturated carbocycles. The van der Waals surface area contributed by atoms with Crippen LogP contribution in [0.3, 0.4) is 0 Å². The quantitative estimate of drug-likeness (QED) is 0.656. The third-order valence-corrected chi connectivity index (χ3v) is 4.93. The van der Waals surface area contributed by atoms with Crippen LogP contribution in [0.5, 0.6) is 0 Å². The molecule has 3 N–H and O–H groups in total. The molecular weight excluding hydrogens is 333 g/mol. The zero-order chi connectivity index (χ0) is 18.1. The second-order valence-electron chi connectivity index (χ2n) is 6.72. The smallest absolute Gasteiger partial charge is 0.320 e. The Morgan fingerprint density at radius 2 is 2.08 bits per heavy atom. The zero-order valence-electron chi connectivity index (χ0n) is 14.4. The van der Waals surface area contributed by atoms with E-state index in [9.17, 15) is 9.18 Å². The molecule has 0 saturated heterocycles. The minimum atomic E-state index is -0.368. The molecule has 2 amide bonds. The normalized spacial score (nSPS) is 15.5. The summed E-state index contributed by atoms with van der Waals surface area (Å²) >= 11 is 0. The van der Waals surface area contributed by atoms with Gasteiger partial charge < -0.3 is 5.32 Å². The van der Waals surface area contributed by atoms with E-state index in [0.29, 0.717) is 11.7 Å². The van der Waals surface area contributed by atoms with Crippen molar-refractivity contribution in [2.24, 2.45) is 0 Å². The molecule has 0 bridgehead atoms. The first-order valence-corrected chi connectivity index (χ1v) is 8.77. The van der Waals surface area contributed by atoms with Crippen LogP contribution in [0.4, 0.5) is 15.0 Å². The van der Waals surface area contributed by atoms with Crippen molar-refractivity contribution in [1.82, 2.24) is 20.5 Å². The van der Waals surface area contributed by atoms with Crippen molar-refractivity contribution in [2.45, 2.75) is 38.1 Å². The highest BCUT2D eigenvalue weighted by Gasteiger charge is 2.24. The van der Waals surface area contributed by atoms with Crippen molar-refractivity contribution < 1.29 is 9.18 Å². The molecule has 0 spiro atoms. The Balaban J connectivity index is 1.43. The fraction of sp³-hybridized carbons (Fsp3) is 0.316. The number of benzene rings is 1. The second kappa shape index (κ2) is 6.74. The number of hydrogen-bond acceptors (Lipinski definition) is 3. The number of amides is 2. The van der Waals surface area contributed by atoms with Crippen molar-refractivity contribution in [3.63, 3.8) is 0 Å². The molecule has 1 atom stereocenters. The average Bonchev–Trinajstić information content (AvgIpc) is 2.96. The molecule has 1 aliphatic rings. The summed E-state index contributed by atoms with van der Waals surface area (Å²) in [5.41, 5.74) is 2.76. The summed E-state index contributed by atoms with van der Waals surface area (Å²) in [5.74, 6) is 0.665. The number of nitrogens with zero attached hydrogens (tertiary/aromatic N) is 2. The van der Waals surface area contributed by atoms with Gasteiger partial charge in [0.1, 0.15) is 11.6 Å². The SMILES string of the molecule is C[C@@H](NC(=O)Nc1cc2[nH]nc(C3CCC3)c2cn1)c1ccc(F)cc1. The van der Waals surface area contributed by atoms with E-state index in [1.165, 1.54) is 31.4 Å². The molecule has 0 radical (unpaired) electrons. The van der Waals surface area contributed by atoms with E-state index in [1.54, 1.807) is 24.4 Å². The highest BCUT2D eigenvalue weighted by molar-refractivity contribution is 5.91. The van der Waals surface area contributed by atoms with E-state index in [1.807, 2.05) is 6.92 Å². The number of rotatable bonds is 4. The summed E-state index contributed by atoms with van der Waals surface area (Å²) in [6.45, 7) is 1.84. The molecule has 3 aromatic rings. The average molecular weight is 353 g/mol. The molecule has 6 nitrogen and oxygen atoms in total. The van der Waals surface area contributed by atoms with E-state index >= 15 is 0 Å². The van der Waals surface area contributed by atoms with Crippen LogP contribution in [-0.4, -0.2) is 21.2 Å². The molecular formula is C19H20FN5O. The Morgan fingerprint density at radius 1 is 1.31 bits per heavy atom. The zero-order valence-corrected chi connectivity index (χ0v) is 14.4. The van der Waals surface area contributed by atoms with Gasteiger partial charge in [0.15, 0.2) is 0 Å². The summed E-state index contributed by atoms with van der Waals surface area (Å²) < 4.78 is 13.0. The lowest BCUT2D eigenvalue weighted by Gasteiger charge is -2.23. The molecule has 1 aliphatic carbocycles. The Hall–Kier alpha value is -2.96. The first-order valence-electron chi connectivity index (χ1n) is 8.77. The number of aromatic amines is 1. The first-order chi connectivity index (χ1) is 12.6. The molecule has 4 rings (SSSR count). The van der Waals surface area contributed by atoms with Crippen molar-refractivity contribution in [2.75, 3.05) is 5.32 Å². The molecule has 134 valence electrons. The topological polar surface area (TPSA) is 82.7 Å². The van der Waals surface area contributed by atoms with Crippen LogP contribution in [-0.2, 0) is 0 Å². The van der Waals surface area contributed by atoms with Gasteiger partial charge in [0, 0.05) is 23.6 Å². The minimum Gasteiger partial charge on any atom is -0.331 e. The first kappa shape index (κ1) is 16.5. The van der Waals surface area contributed by atoms with Gasteiger partial charge in [-0.1, -0.05) is 18.6 Å². The maximum absolute atomic E-state index is 13.0. The predicted molar refractivity (Wildman–Crippen MR) is 97.5 cm³/mol. The van der Waals surface area contributed by atoms with Gasteiger partial charge in [0.2, 0.25) is 0 Å². The highest BCUT2D eigenvalue weighted by atomic mass is 19.1. The fourth-order valence-electron chi connectivity index (χ4n) is 3.18. The van der Waals surface area contributed by atoms with Gasteiger partial charge in [-0.3, -0.25) is 10.4 Å². The van der Waals surface area contributed by atoms with E-state index < -0.39 is 0 Å². The maximum Gasteiger partial charge on any atom is 0.320 e. The third-order valence-electron chi connectivity index (χ3n) is 4.93. The van der Waals surface area contributed by atoms with Gasteiger partial charge in [-0.15, -0.1) is 0 Å². The molecule has 0 unspecified atom stereocenters. The number of carbonyl (C=O) groups is 1. The van der Waals surface area contributed by atoms with E-state index in [4.69, 9.17) is 0 Å². The Labute approximate surface area is 150 Å². The van der Waals surface area contributed by atoms with Crippen molar-refractivity contribution >= 4 is 22.8 Å². The molecule has 26 heavy (non-hydrogen) atoms. The van der Waals surface area contributed by atoms with Crippen LogP contribution in [0.1, 0.15) is 49.4 Å². The maximum atomic E-state index is 13.0. The largest absolute Gasteiger partial charge is 0.331 e. The van der Waals surface area contributed by atoms with E-state index in [0.717, 1.165) is 22.2 Å². The minimum absolute atomic E-state index is 0.253. The van der Waals surface area contributed by atoms with Crippen LogP contribution in [0.2, 0.25) is 0 Å². The lowest BCUT2D eigenvalue weighted by molar-refractivity contribution is 0.249. The van der Waals surface area contributed by atoms with Crippen molar-refractivity contribution in [1.29, 1.82) is 0 Å². The number of pyridine rings is 1. The van der Waals surface area contributed by atoms with Gasteiger partial charge in [0.25, 0.3) is 0 Å². The highest BCUT2D eigenvalue weighted by Crippen LogP contribution is 2.38. The van der Waals surface area contributed by atoms with Crippen molar-refractivity contribution in [3.8, 4) is 0 Å². The molecule has 1 fully saturated rings. The van der Waals surface area contributed by atoms with Crippen LogP contribution in [0.15, 0.2) is 36.5 Å². The van der Waals surface area contributed by atoms with Gasteiger partial charge in [-0.25, -0.2) is 14.2 Å². The van der Waals surface area contributed by atoms with Crippen LogP contribution in [0, 0.1) is 5.82 Å². The third kappa shape index (κ3) is 3.24.